The molecule has 0 N–H and O–H groups in total. The third-order valence-electron chi connectivity index (χ3n) is 2.38. The zero-order chi connectivity index (χ0) is 4.69. The molecule has 2 heteroatoms. The molecule has 2 bridgehead atoms. The van der Waals surface area contributed by atoms with Gasteiger partial charge in [-0.1, -0.05) is 25.2 Å². The minimum Gasteiger partial charge on any atom is -0.358 e. The maximum Gasteiger partial charge on any atom is 3.00 e. The molecule has 0 nitrogen and oxygen atoms in total. The Morgan fingerprint density at radius 1 is 1.20 bits per heavy atom. The standard InChI is InChI=1S/C7H11.CH3.Ni.H3P/c1-2-7-4-3-6(1)5-7;;;/h1,6-7H,2-5H2;1H3;;1H3/q2*-1;+3;. The van der Waals surface area contributed by atoms with Gasteiger partial charge in [0.2, 0.25) is 0 Å². The van der Waals surface area contributed by atoms with Gasteiger partial charge in [0.15, 0.2) is 0 Å². The van der Waals surface area contributed by atoms with Crippen molar-refractivity contribution in [3.63, 3.8) is 0 Å². The van der Waals surface area contributed by atoms with Crippen LogP contribution >= 0.6 is 9.90 Å². The molecule has 0 spiro atoms. The van der Waals surface area contributed by atoms with Gasteiger partial charge in [-0.2, -0.15) is 22.2 Å². The number of fused-ring (bicyclic) bond motifs is 2. The van der Waals surface area contributed by atoms with Crippen LogP contribution in [0.2, 0.25) is 0 Å². The second-order valence-corrected chi connectivity index (χ2v) is 2.91. The van der Waals surface area contributed by atoms with Crippen LogP contribution in [0.1, 0.15) is 25.7 Å². The predicted molar refractivity (Wildman–Crippen MR) is 47.3 cm³/mol. The first-order valence-corrected chi connectivity index (χ1v) is 3.28. The predicted octanol–water partition coefficient (Wildman–Crippen LogP) is 2.52. The van der Waals surface area contributed by atoms with Crippen LogP contribution < -0.4 is 0 Å². The Labute approximate surface area is 78.1 Å². The summed E-state index contributed by atoms with van der Waals surface area (Å²) in [7, 11) is 0. The van der Waals surface area contributed by atoms with Crippen LogP contribution in [0.25, 0.3) is 0 Å². The molecule has 0 aromatic heterocycles. The summed E-state index contributed by atoms with van der Waals surface area (Å²) in [5.74, 6) is 2.16. The van der Waals surface area contributed by atoms with Crippen LogP contribution in [0.5, 0.6) is 0 Å². The van der Waals surface area contributed by atoms with E-state index in [2.05, 4.69) is 6.42 Å². The summed E-state index contributed by atoms with van der Waals surface area (Å²) in [4.78, 5) is 0. The Morgan fingerprint density at radius 2 is 1.90 bits per heavy atom. The first-order valence-electron chi connectivity index (χ1n) is 3.28. The quantitative estimate of drug-likeness (QED) is 0.322. The summed E-state index contributed by atoms with van der Waals surface area (Å²) in [5, 5.41) is 0. The van der Waals surface area contributed by atoms with Crippen LogP contribution in [0, 0.1) is 25.7 Å². The summed E-state index contributed by atoms with van der Waals surface area (Å²) in [6.45, 7) is 0. The summed E-state index contributed by atoms with van der Waals surface area (Å²) < 4.78 is 0. The van der Waals surface area contributed by atoms with Gasteiger partial charge in [-0.15, -0.1) is 0 Å². The SMILES string of the molecule is P.[CH-]1CC2CCC1C2.[CH3-].[Ni+3]. The molecule has 1 radical (unpaired) electrons. The van der Waals surface area contributed by atoms with E-state index in [9.17, 15) is 0 Å². The summed E-state index contributed by atoms with van der Waals surface area (Å²) >= 11 is 0. The molecule has 2 aliphatic carbocycles. The largest absolute Gasteiger partial charge is 3.00 e. The maximum absolute atomic E-state index is 2.51. The first-order chi connectivity index (χ1) is 3.45. The van der Waals surface area contributed by atoms with Crippen molar-refractivity contribution in [2.75, 3.05) is 0 Å². The minimum absolute atomic E-state index is 0. The summed E-state index contributed by atoms with van der Waals surface area (Å²) in [6, 6.07) is 0. The molecule has 2 fully saturated rings. The number of hydrogen-bond donors (Lipinski definition) is 0. The number of hydrogen-bond acceptors (Lipinski definition) is 0. The fourth-order valence-corrected chi connectivity index (χ4v) is 1.93. The van der Waals surface area contributed by atoms with Crippen molar-refractivity contribution in [3.05, 3.63) is 13.8 Å². The zero-order valence-corrected chi connectivity index (χ0v) is 8.99. The second-order valence-electron chi connectivity index (χ2n) is 2.91. The molecule has 0 aromatic rings. The Balaban J connectivity index is 0. The van der Waals surface area contributed by atoms with Crippen molar-refractivity contribution < 1.29 is 16.5 Å². The average molecular weight is 203 g/mol. The van der Waals surface area contributed by atoms with E-state index < -0.39 is 0 Å². The molecule has 10 heavy (non-hydrogen) atoms. The third kappa shape index (κ3) is 2.52. The van der Waals surface area contributed by atoms with Crippen LogP contribution in [0.3, 0.4) is 0 Å². The van der Waals surface area contributed by atoms with Crippen LogP contribution in [0.4, 0.5) is 0 Å². The monoisotopic (exact) mass is 202 g/mol. The van der Waals surface area contributed by atoms with E-state index in [0.29, 0.717) is 0 Å². The molecule has 0 saturated heterocycles. The fourth-order valence-electron chi connectivity index (χ4n) is 1.93. The van der Waals surface area contributed by atoms with Crippen LogP contribution in [0.15, 0.2) is 0 Å². The average Bonchev–Trinajstić information content (AvgIpc) is 2.22. The van der Waals surface area contributed by atoms with Crippen molar-refractivity contribution in [1.82, 2.24) is 0 Å². The van der Waals surface area contributed by atoms with Crippen LogP contribution in [-0.2, 0) is 16.5 Å². The molecule has 2 aliphatic rings. The Kier molecular flexibility index (Phi) is 7.51. The normalized spacial score (nSPS) is 33.6. The van der Waals surface area contributed by atoms with Gasteiger partial charge in [0.05, 0.1) is 0 Å². The van der Waals surface area contributed by atoms with Gasteiger partial charge in [-0.3, -0.25) is 0 Å². The Hall–Kier alpha value is 0.924. The van der Waals surface area contributed by atoms with E-state index >= 15 is 0 Å². The van der Waals surface area contributed by atoms with Gasteiger partial charge in [0, 0.05) is 0 Å². The molecule has 2 saturated carbocycles. The molecule has 0 amide bonds. The molecule has 0 heterocycles. The van der Waals surface area contributed by atoms with Crippen LogP contribution in [-0.4, -0.2) is 0 Å². The van der Waals surface area contributed by atoms with E-state index in [-0.39, 0.29) is 33.8 Å². The molecule has 63 valence electrons. The van der Waals surface area contributed by atoms with Gasteiger partial charge in [0.25, 0.3) is 0 Å². The molecule has 3 atom stereocenters. The van der Waals surface area contributed by atoms with Crippen molar-refractivity contribution in [3.8, 4) is 0 Å². The van der Waals surface area contributed by atoms with Crippen molar-refractivity contribution in [2.45, 2.75) is 25.7 Å². The van der Waals surface area contributed by atoms with E-state index in [1.807, 2.05) is 0 Å². The molecule has 0 aliphatic heterocycles. The molecular weight excluding hydrogens is 186 g/mol. The first kappa shape index (κ1) is 13.5. The minimum atomic E-state index is 0. The van der Waals surface area contributed by atoms with Gasteiger partial charge in [0.1, 0.15) is 0 Å². The molecule has 0 aromatic carbocycles. The van der Waals surface area contributed by atoms with E-state index in [4.69, 9.17) is 0 Å². The Morgan fingerprint density at radius 3 is 2.00 bits per heavy atom. The van der Waals surface area contributed by atoms with Crippen molar-refractivity contribution in [2.24, 2.45) is 11.8 Å². The number of rotatable bonds is 0. The van der Waals surface area contributed by atoms with Gasteiger partial charge >= 0.3 is 16.5 Å². The third-order valence-corrected chi connectivity index (χ3v) is 2.38. The maximum atomic E-state index is 2.51. The smallest absolute Gasteiger partial charge is 0.358 e. The summed E-state index contributed by atoms with van der Waals surface area (Å²) in [6.07, 6.45) is 8.50. The fraction of sp³-hybridized carbons (Fsp3) is 0.750. The van der Waals surface area contributed by atoms with E-state index in [1.165, 1.54) is 25.7 Å². The molecule has 2 rings (SSSR count). The molecular formula is C8H17NiP+. The van der Waals surface area contributed by atoms with E-state index in [0.717, 1.165) is 11.8 Å². The second kappa shape index (κ2) is 5.56. The van der Waals surface area contributed by atoms with Crippen molar-refractivity contribution >= 4 is 9.90 Å². The zero-order valence-electron chi connectivity index (χ0n) is 6.58. The molecule has 3 unspecified atom stereocenters. The van der Waals surface area contributed by atoms with E-state index in [1.54, 1.807) is 0 Å². The topological polar surface area (TPSA) is 0 Å². The van der Waals surface area contributed by atoms with Crippen molar-refractivity contribution in [1.29, 1.82) is 0 Å². The van der Waals surface area contributed by atoms with Gasteiger partial charge in [-0.05, 0) is 0 Å². The summed E-state index contributed by atoms with van der Waals surface area (Å²) in [5.41, 5.74) is 0. The van der Waals surface area contributed by atoms with Gasteiger partial charge < -0.3 is 13.8 Å². The Bertz CT molecular complexity index is 67.3. The van der Waals surface area contributed by atoms with Gasteiger partial charge in [-0.25, -0.2) is 0 Å².